The third-order valence-corrected chi connectivity index (χ3v) is 5.55. The van der Waals surface area contributed by atoms with E-state index >= 15 is 0 Å². The third kappa shape index (κ3) is 4.01. The Morgan fingerprint density at radius 1 is 1.31 bits per heavy atom. The lowest BCUT2D eigenvalue weighted by Crippen LogP contribution is -2.34. The quantitative estimate of drug-likeness (QED) is 0.506. The average molecular weight is 242 g/mol. The van der Waals surface area contributed by atoms with Gasteiger partial charge in [-0.15, -0.1) is 0 Å². The molecule has 16 heavy (non-hydrogen) atoms. The molecule has 1 atom stereocenters. The Balaban J connectivity index is 2.55. The summed E-state index contributed by atoms with van der Waals surface area (Å²) in [6.07, 6.45) is 3.11. The third-order valence-electron chi connectivity index (χ3n) is 2.58. The van der Waals surface area contributed by atoms with E-state index in [1.165, 1.54) is 12.8 Å². The minimum atomic E-state index is -0.480. The van der Waals surface area contributed by atoms with Gasteiger partial charge in [0.1, 0.15) is 8.30 Å². The van der Waals surface area contributed by atoms with Crippen LogP contribution < -0.4 is 0 Å². The molecule has 92 valence electrons. The van der Waals surface area contributed by atoms with E-state index in [0.717, 1.165) is 5.66 Å². The van der Waals surface area contributed by atoms with E-state index in [-0.39, 0.29) is 0 Å². The van der Waals surface area contributed by atoms with Crippen LogP contribution in [0.4, 0.5) is 0 Å². The number of hydrogen-bond donors (Lipinski definition) is 0. The fourth-order valence-corrected chi connectivity index (χ4v) is 4.39. The van der Waals surface area contributed by atoms with Crippen molar-refractivity contribution in [2.24, 2.45) is 0 Å². The van der Waals surface area contributed by atoms with Crippen LogP contribution in [0.1, 0.15) is 47.0 Å². The lowest BCUT2D eigenvalue weighted by molar-refractivity contribution is 0.256. The smallest absolute Gasteiger partial charge is 0.108 e. The van der Waals surface area contributed by atoms with E-state index in [0.29, 0.717) is 25.1 Å². The molecule has 1 aliphatic rings. The number of hydrogen-bond acceptors (Lipinski definition) is 3. The Hall–Kier alpha value is -0.160. The summed E-state index contributed by atoms with van der Waals surface area (Å²) in [6, 6.07) is 3.19. The average Bonchev–Trinajstić information content (AvgIpc) is 2.98. The van der Waals surface area contributed by atoms with Gasteiger partial charge in [0.15, 0.2) is 0 Å². The molecule has 1 saturated carbocycles. The predicted octanol–water partition coefficient (Wildman–Crippen LogP) is 3.51. The van der Waals surface area contributed by atoms with Crippen LogP contribution in [0, 0.1) is 11.3 Å². The second-order valence-corrected chi connectivity index (χ2v) is 6.90. The van der Waals surface area contributed by atoms with E-state index in [9.17, 15) is 0 Å². The molecule has 0 aromatic heterocycles. The molecule has 1 aliphatic carbocycles. The molecule has 1 fully saturated rings. The van der Waals surface area contributed by atoms with Gasteiger partial charge in [0.2, 0.25) is 0 Å². The first-order chi connectivity index (χ1) is 7.57. The molecule has 1 rings (SSSR count). The molecule has 0 aromatic carbocycles. The number of rotatable bonds is 7. The molecule has 0 bridgehead atoms. The summed E-state index contributed by atoms with van der Waals surface area (Å²) in [7, 11) is -0.480. The van der Waals surface area contributed by atoms with Crippen molar-refractivity contribution in [2.75, 3.05) is 6.61 Å². The maximum Gasteiger partial charge on any atom is 0.108 e. The SMILES string of the molecule is CC(C)N(C(C)C)P(OCCC#N)C1CC1. The molecule has 0 radical (unpaired) electrons. The summed E-state index contributed by atoms with van der Waals surface area (Å²) in [6.45, 7) is 9.50. The van der Waals surface area contributed by atoms with Gasteiger partial charge < -0.3 is 4.52 Å². The Morgan fingerprint density at radius 2 is 1.88 bits per heavy atom. The first-order valence-electron chi connectivity index (χ1n) is 6.15. The summed E-state index contributed by atoms with van der Waals surface area (Å²) < 4.78 is 8.45. The van der Waals surface area contributed by atoms with E-state index in [1.54, 1.807) is 0 Å². The van der Waals surface area contributed by atoms with Gasteiger partial charge >= 0.3 is 0 Å². The van der Waals surface area contributed by atoms with Crippen molar-refractivity contribution in [2.45, 2.75) is 64.7 Å². The maximum atomic E-state index is 8.55. The summed E-state index contributed by atoms with van der Waals surface area (Å²) in [5.74, 6) is 0. The topological polar surface area (TPSA) is 36.3 Å². The normalized spacial score (nSPS) is 18.1. The summed E-state index contributed by atoms with van der Waals surface area (Å²) >= 11 is 0. The summed E-state index contributed by atoms with van der Waals surface area (Å²) in [5, 5.41) is 8.55. The van der Waals surface area contributed by atoms with Gasteiger partial charge in [0.25, 0.3) is 0 Å². The van der Waals surface area contributed by atoms with E-state index in [1.807, 2.05) is 0 Å². The van der Waals surface area contributed by atoms with Crippen LogP contribution in [0.3, 0.4) is 0 Å². The highest BCUT2D eigenvalue weighted by molar-refractivity contribution is 7.51. The molecule has 3 nitrogen and oxygen atoms in total. The van der Waals surface area contributed by atoms with Gasteiger partial charge in [-0.2, -0.15) is 5.26 Å². The summed E-state index contributed by atoms with van der Waals surface area (Å²) in [4.78, 5) is 0. The van der Waals surface area contributed by atoms with E-state index in [4.69, 9.17) is 9.79 Å². The zero-order chi connectivity index (χ0) is 12.1. The van der Waals surface area contributed by atoms with Crippen LogP contribution in [0.2, 0.25) is 0 Å². The first kappa shape index (κ1) is 13.9. The fraction of sp³-hybridized carbons (Fsp3) is 0.917. The molecular formula is C12H23N2OP. The van der Waals surface area contributed by atoms with Gasteiger partial charge in [-0.25, -0.2) is 0 Å². The molecule has 0 amide bonds. The second kappa shape index (κ2) is 6.55. The molecule has 0 saturated heterocycles. The molecule has 0 aromatic rings. The molecule has 1 unspecified atom stereocenters. The van der Waals surface area contributed by atoms with Crippen molar-refractivity contribution in [1.29, 1.82) is 5.26 Å². The molecule has 0 aliphatic heterocycles. The van der Waals surface area contributed by atoms with Crippen LogP contribution in [-0.2, 0) is 4.52 Å². The van der Waals surface area contributed by atoms with Gasteiger partial charge in [-0.1, -0.05) is 0 Å². The Kier molecular flexibility index (Phi) is 5.69. The molecule has 0 heterocycles. The van der Waals surface area contributed by atoms with Crippen molar-refractivity contribution in [3.8, 4) is 6.07 Å². The minimum Gasteiger partial charge on any atom is -0.342 e. The Morgan fingerprint density at radius 3 is 2.25 bits per heavy atom. The van der Waals surface area contributed by atoms with Crippen LogP contribution in [0.25, 0.3) is 0 Å². The zero-order valence-electron chi connectivity index (χ0n) is 10.8. The largest absolute Gasteiger partial charge is 0.342 e. The lowest BCUT2D eigenvalue weighted by atomic mass is 10.3. The lowest BCUT2D eigenvalue weighted by Gasteiger charge is -2.37. The highest BCUT2D eigenvalue weighted by Gasteiger charge is 2.38. The van der Waals surface area contributed by atoms with Crippen LogP contribution in [0.15, 0.2) is 0 Å². The van der Waals surface area contributed by atoms with E-state index in [2.05, 4.69) is 38.4 Å². The summed E-state index contributed by atoms with van der Waals surface area (Å²) in [5.41, 5.74) is 0.749. The van der Waals surface area contributed by atoms with Gasteiger partial charge in [0.05, 0.1) is 19.1 Å². The van der Waals surface area contributed by atoms with E-state index < -0.39 is 8.30 Å². The highest BCUT2D eigenvalue weighted by Crippen LogP contribution is 2.58. The Labute approximate surface area is 101 Å². The van der Waals surface area contributed by atoms with Gasteiger partial charge in [-0.3, -0.25) is 4.67 Å². The molecular weight excluding hydrogens is 219 g/mol. The first-order valence-corrected chi connectivity index (χ1v) is 7.43. The predicted molar refractivity (Wildman–Crippen MR) is 68.2 cm³/mol. The molecule has 0 spiro atoms. The van der Waals surface area contributed by atoms with Crippen molar-refractivity contribution in [3.05, 3.63) is 0 Å². The minimum absolute atomic E-state index is 0.480. The van der Waals surface area contributed by atoms with Gasteiger partial charge in [-0.05, 0) is 40.5 Å². The monoisotopic (exact) mass is 242 g/mol. The second-order valence-electron chi connectivity index (χ2n) is 4.84. The van der Waals surface area contributed by atoms with Crippen molar-refractivity contribution >= 4 is 8.30 Å². The van der Waals surface area contributed by atoms with Crippen molar-refractivity contribution in [3.63, 3.8) is 0 Å². The van der Waals surface area contributed by atoms with Crippen LogP contribution in [-0.4, -0.2) is 29.0 Å². The van der Waals surface area contributed by atoms with Crippen molar-refractivity contribution in [1.82, 2.24) is 4.67 Å². The standard InChI is InChI=1S/C12H23N2OP/c1-10(2)14(11(3)4)16(12-6-7-12)15-9-5-8-13/h10-12H,5-7,9H2,1-4H3. The molecule has 4 heteroatoms. The zero-order valence-corrected chi connectivity index (χ0v) is 11.7. The number of nitriles is 1. The number of nitrogens with zero attached hydrogens (tertiary/aromatic N) is 2. The maximum absolute atomic E-state index is 8.55. The van der Waals surface area contributed by atoms with Crippen molar-refractivity contribution < 1.29 is 4.52 Å². The van der Waals surface area contributed by atoms with Crippen LogP contribution >= 0.6 is 8.30 Å². The Bertz CT molecular complexity index is 238. The van der Waals surface area contributed by atoms with Gasteiger partial charge in [0, 0.05) is 17.7 Å². The van der Waals surface area contributed by atoms with Crippen LogP contribution in [0.5, 0.6) is 0 Å². The highest BCUT2D eigenvalue weighted by atomic mass is 31.2. The molecule has 0 N–H and O–H groups in total. The fourth-order valence-electron chi connectivity index (χ4n) is 1.89.